The molecule has 0 fully saturated rings. The molecule has 2 rings (SSSR count). The molecule has 0 atom stereocenters. The van der Waals surface area contributed by atoms with Crippen LogP contribution in [0.2, 0.25) is 0 Å². The molecule has 20 heavy (non-hydrogen) atoms. The van der Waals surface area contributed by atoms with E-state index in [9.17, 15) is 9.59 Å². The van der Waals surface area contributed by atoms with Crippen LogP contribution in [0, 0.1) is 0 Å². The predicted octanol–water partition coefficient (Wildman–Crippen LogP) is 0.561. The smallest absolute Gasteiger partial charge is 0.268 e. The van der Waals surface area contributed by atoms with Gasteiger partial charge < -0.3 is 14.9 Å². The standard InChI is InChI=1S/C13H13N3O4/c14-12(17)8-1-3-9(4-2-8)20-7-11-10(5-6-19-11)13(18)16-15/h1-6H,7,15H2,(H2,14,17)(H,16,18). The first-order valence-electron chi connectivity index (χ1n) is 5.72. The van der Waals surface area contributed by atoms with E-state index >= 15 is 0 Å². The van der Waals surface area contributed by atoms with E-state index in [0.29, 0.717) is 22.6 Å². The summed E-state index contributed by atoms with van der Waals surface area (Å²) in [4.78, 5) is 22.3. The van der Waals surface area contributed by atoms with Crippen molar-refractivity contribution in [3.63, 3.8) is 0 Å². The second kappa shape index (κ2) is 5.89. The minimum absolute atomic E-state index is 0.0612. The lowest BCUT2D eigenvalue weighted by atomic mass is 10.2. The summed E-state index contributed by atoms with van der Waals surface area (Å²) < 4.78 is 10.6. The van der Waals surface area contributed by atoms with E-state index in [1.807, 2.05) is 5.43 Å². The maximum absolute atomic E-state index is 11.4. The van der Waals surface area contributed by atoms with Crippen LogP contribution in [0.15, 0.2) is 41.0 Å². The van der Waals surface area contributed by atoms with Gasteiger partial charge in [-0.1, -0.05) is 0 Å². The molecule has 0 saturated carbocycles. The molecule has 7 heteroatoms. The van der Waals surface area contributed by atoms with Crippen LogP contribution in [0.5, 0.6) is 5.75 Å². The Bertz CT molecular complexity index is 619. The molecule has 0 aliphatic carbocycles. The summed E-state index contributed by atoms with van der Waals surface area (Å²) in [7, 11) is 0. The molecule has 1 heterocycles. The van der Waals surface area contributed by atoms with Crippen molar-refractivity contribution in [3.05, 3.63) is 53.5 Å². The molecule has 5 N–H and O–H groups in total. The van der Waals surface area contributed by atoms with Crippen LogP contribution in [0.4, 0.5) is 0 Å². The van der Waals surface area contributed by atoms with Crippen molar-refractivity contribution in [2.24, 2.45) is 11.6 Å². The third-order valence-corrected chi connectivity index (χ3v) is 2.63. The van der Waals surface area contributed by atoms with Gasteiger partial charge >= 0.3 is 0 Å². The summed E-state index contributed by atoms with van der Waals surface area (Å²) in [6.45, 7) is 0.0612. The Morgan fingerprint density at radius 2 is 1.90 bits per heavy atom. The van der Waals surface area contributed by atoms with Gasteiger partial charge in [-0.3, -0.25) is 15.0 Å². The lowest BCUT2D eigenvalue weighted by molar-refractivity contribution is 0.0947. The van der Waals surface area contributed by atoms with E-state index in [-0.39, 0.29) is 6.61 Å². The highest BCUT2D eigenvalue weighted by molar-refractivity contribution is 5.94. The topological polar surface area (TPSA) is 121 Å². The quantitative estimate of drug-likeness (QED) is 0.418. The monoisotopic (exact) mass is 275 g/mol. The van der Waals surface area contributed by atoms with Gasteiger partial charge in [0.25, 0.3) is 5.91 Å². The largest absolute Gasteiger partial charge is 0.486 e. The van der Waals surface area contributed by atoms with Gasteiger partial charge in [0.05, 0.1) is 11.8 Å². The van der Waals surface area contributed by atoms with Crippen molar-refractivity contribution in [3.8, 4) is 5.75 Å². The normalized spacial score (nSPS) is 10.1. The number of ether oxygens (including phenoxy) is 1. The minimum Gasteiger partial charge on any atom is -0.486 e. The van der Waals surface area contributed by atoms with Crippen LogP contribution in [0.1, 0.15) is 26.5 Å². The first kappa shape index (κ1) is 13.6. The number of hydrazine groups is 1. The molecule has 104 valence electrons. The van der Waals surface area contributed by atoms with Crippen molar-refractivity contribution in [1.82, 2.24) is 5.43 Å². The Hall–Kier alpha value is -2.80. The number of carbonyl (C=O) groups excluding carboxylic acids is 2. The Morgan fingerprint density at radius 3 is 2.50 bits per heavy atom. The van der Waals surface area contributed by atoms with Crippen molar-refractivity contribution >= 4 is 11.8 Å². The molecule has 0 radical (unpaired) electrons. The lowest BCUT2D eigenvalue weighted by Gasteiger charge is -2.06. The molecule has 1 aromatic heterocycles. The van der Waals surface area contributed by atoms with Crippen LogP contribution in [-0.2, 0) is 6.61 Å². The number of primary amides is 1. The molecule has 2 amide bonds. The molecule has 0 saturated heterocycles. The number of nitrogens with one attached hydrogen (secondary N) is 1. The van der Waals surface area contributed by atoms with Crippen LogP contribution in [0.3, 0.4) is 0 Å². The van der Waals surface area contributed by atoms with Gasteiger partial charge in [0.2, 0.25) is 5.91 Å². The van der Waals surface area contributed by atoms with Crippen molar-refractivity contribution in [1.29, 1.82) is 0 Å². The maximum Gasteiger partial charge on any atom is 0.268 e. The molecular formula is C13H13N3O4. The lowest BCUT2D eigenvalue weighted by Crippen LogP contribution is -2.30. The Balaban J connectivity index is 2.04. The zero-order valence-corrected chi connectivity index (χ0v) is 10.5. The van der Waals surface area contributed by atoms with Crippen molar-refractivity contribution in [2.75, 3.05) is 0 Å². The zero-order chi connectivity index (χ0) is 14.5. The molecule has 0 bridgehead atoms. The molecule has 2 aromatic rings. The second-order valence-corrected chi connectivity index (χ2v) is 3.91. The van der Waals surface area contributed by atoms with E-state index in [4.69, 9.17) is 20.7 Å². The summed E-state index contributed by atoms with van der Waals surface area (Å²) in [5, 5.41) is 0. The van der Waals surface area contributed by atoms with Crippen LogP contribution in [0.25, 0.3) is 0 Å². The van der Waals surface area contributed by atoms with E-state index < -0.39 is 11.8 Å². The van der Waals surface area contributed by atoms with E-state index in [2.05, 4.69) is 0 Å². The van der Waals surface area contributed by atoms with Crippen LogP contribution >= 0.6 is 0 Å². The number of furan rings is 1. The minimum atomic E-state index is -0.510. The fraction of sp³-hybridized carbons (Fsp3) is 0.0769. The first-order chi connectivity index (χ1) is 9.61. The number of amides is 2. The van der Waals surface area contributed by atoms with Gasteiger partial charge in [-0.25, -0.2) is 5.84 Å². The Kier molecular flexibility index (Phi) is 4.02. The predicted molar refractivity (Wildman–Crippen MR) is 69.7 cm³/mol. The van der Waals surface area contributed by atoms with Gasteiger partial charge in [0.1, 0.15) is 12.4 Å². The molecule has 1 aromatic carbocycles. The van der Waals surface area contributed by atoms with Gasteiger partial charge in [0.15, 0.2) is 5.76 Å². The fourth-order valence-electron chi connectivity index (χ4n) is 1.60. The first-order valence-corrected chi connectivity index (χ1v) is 5.72. The number of rotatable bonds is 5. The van der Waals surface area contributed by atoms with Crippen LogP contribution in [-0.4, -0.2) is 11.8 Å². The van der Waals surface area contributed by atoms with E-state index in [0.717, 1.165) is 0 Å². The Labute approximate surface area is 114 Å². The van der Waals surface area contributed by atoms with Crippen molar-refractivity contribution < 1.29 is 18.7 Å². The zero-order valence-electron chi connectivity index (χ0n) is 10.5. The molecule has 0 aliphatic heterocycles. The number of nitrogen functional groups attached to an aromatic ring is 1. The van der Waals surface area contributed by atoms with Crippen molar-refractivity contribution in [2.45, 2.75) is 6.61 Å². The van der Waals surface area contributed by atoms with Gasteiger partial charge in [-0.05, 0) is 30.3 Å². The van der Waals surface area contributed by atoms with Crippen LogP contribution < -0.4 is 21.7 Å². The molecule has 0 unspecified atom stereocenters. The summed E-state index contributed by atoms with van der Waals surface area (Å²) >= 11 is 0. The van der Waals surface area contributed by atoms with Gasteiger partial charge in [0, 0.05) is 5.56 Å². The fourth-order valence-corrected chi connectivity index (χ4v) is 1.60. The molecule has 0 aliphatic rings. The number of benzene rings is 1. The van der Waals surface area contributed by atoms with E-state index in [1.165, 1.54) is 12.3 Å². The summed E-state index contributed by atoms with van der Waals surface area (Å²) in [5.41, 5.74) is 7.85. The maximum atomic E-state index is 11.4. The number of nitrogens with two attached hydrogens (primary N) is 2. The average Bonchev–Trinajstić information content (AvgIpc) is 2.93. The third-order valence-electron chi connectivity index (χ3n) is 2.63. The SMILES string of the molecule is NNC(=O)c1ccoc1COc1ccc(C(N)=O)cc1. The number of hydrogen-bond donors (Lipinski definition) is 3. The molecule has 7 nitrogen and oxygen atoms in total. The summed E-state index contributed by atoms with van der Waals surface area (Å²) in [6, 6.07) is 7.80. The van der Waals surface area contributed by atoms with Gasteiger partial charge in [-0.2, -0.15) is 0 Å². The average molecular weight is 275 g/mol. The Morgan fingerprint density at radius 1 is 1.20 bits per heavy atom. The third kappa shape index (κ3) is 2.96. The molecule has 0 spiro atoms. The second-order valence-electron chi connectivity index (χ2n) is 3.91. The highest BCUT2D eigenvalue weighted by Gasteiger charge is 2.14. The highest BCUT2D eigenvalue weighted by Crippen LogP contribution is 2.16. The number of hydrogen-bond acceptors (Lipinski definition) is 5. The highest BCUT2D eigenvalue weighted by atomic mass is 16.5. The van der Waals surface area contributed by atoms with E-state index in [1.54, 1.807) is 24.3 Å². The molecular weight excluding hydrogens is 262 g/mol. The summed E-state index contributed by atoms with van der Waals surface area (Å²) in [6.07, 6.45) is 1.37. The number of carbonyl (C=O) groups is 2. The summed E-state index contributed by atoms with van der Waals surface area (Å²) in [5.74, 6) is 4.96. The van der Waals surface area contributed by atoms with Gasteiger partial charge in [-0.15, -0.1) is 0 Å².